The van der Waals surface area contributed by atoms with Crippen molar-refractivity contribution >= 4 is 45.4 Å². The van der Waals surface area contributed by atoms with E-state index in [1.165, 1.54) is 36.4 Å². The van der Waals surface area contributed by atoms with Gasteiger partial charge in [0.25, 0.3) is 5.69 Å². The number of thioether (sulfide) groups is 1. The van der Waals surface area contributed by atoms with Crippen molar-refractivity contribution in [2.24, 2.45) is 10.2 Å². The van der Waals surface area contributed by atoms with E-state index in [2.05, 4.69) is 45.0 Å². The molecule has 0 aliphatic carbocycles. The third-order valence-electron chi connectivity index (χ3n) is 7.35. The second kappa shape index (κ2) is 10.3. The number of fused-ring (bicyclic) bond motifs is 2. The van der Waals surface area contributed by atoms with Crippen LogP contribution in [-0.2, 0) is 15.2 Å². The van der Waals surface area contributed by atoms with E-state index in [0.717, 1.165) is 28.1 Å². The molecule has 2 heterocycles. The van der Waals surface area contributed by atoms with Crippen LogP contribution in [0.15, 0.2) is 113 Å². The van der Waals surface area contributed by atoms with E-state index in [-0.39, 0.29) is 21.9 Å². The molecule has 8 nitrogen and oxygen atoms in total. The zero-order valence-corrected chi connectivity index (χ0v) is 24.5. The third kappa shape index (κ3) is 4.55. The van der Waals surface area contributed by atoms with Crippen LogP contribution in [0.3, 0.4) is 0 Å². The number of benzene rings is 4. The number of nitro benzene ring substituents is 1. The second-order valence-electron chi connectivity index (χ2n) is 11.2. The lowest BCUT2D eigenvalue weighted by molar-refractivity contribution is -0.384. The zero-order valence-electron chi connectivity index (χ0n) is 23.7. The fourth-order valence-corrected chi connectivity index (χ4v) is 6.51. The molecular formula is C33H29N5O3S. The Balaban J connectivity index is 1.63. The Labute approximate surface area is 248 Å². The Bertz CT molecular complexity index is 1760. The predicted octanol–water partition coefficient (Wildman–Crippen LogP) is 7.43. The van der Waals surface area contributed by atoms with Crippen molar-refractivity contribution in [2.75, 3.05) is 10.0 Å². The number of para-hydroxylation sites is 1. The fourth-order valence-electron chi connectivity index (χ4n) is 5.23. The van der Waals surface area contributed by atoms with Gasteiger partial charge in [-0.15, -0.1) is 0 Å². The minimum Gasteiger partial charge on any atom is -0.292 e. The van der Waals surface area contributed by atoms with E-state index in [1.54, 1.807) is 17.1 Å². The van der Waals surface area contributed by atoms with Crippen LogP contribution in [0.1, 0.15) is 49.9 Å². The summed E-state index contributed by atoms with van der Waals surface area (Å²) in [6.45, 7) is 8.03. The van der Waals surface area contributed by atoms with Gasteiger partial charge in [-0.05, 0) is 40.9 Å². The van der Waals surface area contributed by atoms with Crippen molar-refractivity contribution in [3.8, 4) is 0 Å². The van der Waals surface area contributed by atoms with Crippen molar-refractivity contribution in [2.45, 2.75) is 38.1 Å². The maximum absolute atomic E-state index is 12.8. The van der Waals surface area contributed by atoms with Crippen LogP contribution in [0.4, 0.5) is 17.1 Å². The number of rotatable bonds is 5. The van der Waals surface area contributed by atoms with Gasteiger partial charge in [-0.1, -0.05) is 93.6 Å². The van der Waals surface area contributed by atoms with Gasteiger partial charge in [0.15, 0.2) is 10.8 Å². The highest BCUT2D eigenvalue weighted by Gasteiger charge is 2.56. The smallest absolute Gasteiger partial charge is 0.271 e. The third-order valence-corrected chi connectivity index (χ3v) is 8.76. The SMILES string of the molecule is CC(=O)C1=NN(c2cccc([N+](=O)[O-])c2)[C@]2(S1)c1ccccc1C(c1ccc(C(C)(C)C)cc1)=NN2c1ccccc1. The first-order valence-electron chi connectivity index (χ1n) is 13.6. The van der Waals surface area contributed by atoms with Crippen LogP contribution < -0.4 is 10.0 Å². The fraction of sp³-hybridized carbons (Fsp3) is 0.182. The molecule has 0 radical (unpaired) electrons. The number of carbonyl (C=O) groups is 1. The quantitative estimate of drug-likeness (QED) is 0.182. The van der Waals surface area contributed by atoms with E-state index in [1.807, 2.05) is 59.6 Å². The molecule has 4 aromatic rings. The molecule has 0 N–H and O–H groups in total. The van der Waals surface area contributed by atoms with Crippen molar-refractivity contribution in [1.29, 1.82) is 0 Å². The highest BCUT2D eigenvalue weighted by Crippen LogP contribution is 2.55. The lowest BCUT2D eigenvalue weighted by Crippen LogP contribution is -2.54. The Morgan fingerprint density at radius 2 is 1.48 bits per heavy atom. The summed E-state index contributed by atoms with van der Waals surface area (Å²) in [5.41, 5.74) is 5.86. The number of nitrogens with zero attached hydrogens (tertiary/aromatic N) is 5. The van der Waals surface area contributed by atoms with Crippen LogP contribution in [0.25, 0.3) is 0 Å². The van der Waals surface area contributed by atoms with Gasteiger partial charge in [0.05, 0.1) is 22.0 Å². The number of carbonyl (C=O) groups excluding carboxylic acids is 1. The molecule has 0 unspecified atom stereocenters. The molecule has 210 valence electrons. The van der Waals surface area contributed by atoms with Crippen LogP contribution in [0.5, 0.6) is 0 Å². The number of hydrogen-bond acceptors (Lipinski definition) is 8. The average molecular weight is 576 g/mol. The van der Waals surface area contributed by atoms with Gasteiger partial charge in [-0.2, -0.15) is 10.2 Å². The van der Waals surface area contributed by atoms with Gasteiger partial charge >= 0.3 is 0 Å². The summed E-state index contributed by atoms with van der Waals surface area (Å²) in [5, 5.41) is 25.7. The summed E-state index contributed by atoms with van der Waals surface area (Å²) in [7, 11) is 0. The van der Waals surface area contributed by atoms with Gasteiger partial charge in [0.2, 0.25) is 4.99 Å². The summed E-state index contributed by atoms with van der Waals surface area (Å²) in [6.07, 6.45) is 0. The van der Waals surface area contributed by atoms with Crippen LogP contribution >= 0.6 is 11.8 Å². The molecule has 1 spiro atoms. The van der Waals surface area contributed by atoms with Crippen molar-refractivity contribution in [1.82, 2.24) is 0 Å². The first-order valence-corrected chi connectivity index (χ1v) is 14.4. The van der Waals surface area contributed by atoms with Crippen molar-refractivity contribution < 1.29 is 9.72 Å². The molecule has 2 aliphatic heterocycles. The number of anilines is 2. The molecule has 0 saturated carbocycles. The Kier molecular flexibility index (Phi) is 6.69. The minimum absolute atomic E-state index is 0.00462. The molecule has 0 bridgehead atoms. The highest BCUT2D eigenvalue weighted by atomic mass is 32.2. The van der Waals surface area contributed by atoms with E-state index < -0.39 is 9.92 Å². The molecule has 9 heteroatoms. The van der Waals surface area contributed by atoms with Gasteiger partial charge in [-0.3, -0.25) is 14.9 Å². The van der Waals surface area contributed by atoms with Gasteiger partial charge in [0.1, 0.15) is 0 Å². The maximum Gasteiger partial charge on any atom is 0.271 e. The highest BCUT2D eigenvalue weighted by molar-refractivity contribution is 8.17. The van der Waals surface area contributed by atoms with Crippen LogP contribution in [0, 0.1) is 10.1 Å². The van der Waals surface area contributed by atoms with Gasteiger partial charge in [-0.25, -0.2) is 10.0 Å². The largest absolute Gasteiger partial charge is 0.292 e. The number of non-ortho nitro benzene ring substituents is 1. The van der Waals surface area contributed by atoms with E-state index in [4.69, 9.17) is 10.2 Å². The second-order valence-corrected chi connectivity index (χ2v) is 12.4. The molecule has 1 atom stereocenters. The molecule has 0 saturated heterocycles. The number of ketones is 1. The molecular weight excluding hydrogens is 546 g/mol. The summed E-state index contributed by atoms with van der Waals surface area (Å²) in [4.78, 5) is 23.0. The standard InChI is InChI=1S/C33H29N5O3S/c1-22(39)31-35-37(26-13-10-14-27(21-26)38(40)41)33(42-31)29-16-9-8-15-28(29)30(34-36(33)25-11-6-5-7-12-25)23-17-19-24(20-18-23)32(2,3)4/h5-21H,1-4H3/t33-/m0/s1. The summed E-state index contributed by atoms with van der Waals surface area (Å²) in [6, 6.07) is 32.4. The van der Waals surface area contributed by atoms with Crippen molar-refractivity contribution in [3.05, 3.63) is 135 Å². The normalized spacial score (nSPS) is 18.0. The van der Waals surface area contributed by atoms with E-state index in [0.29, 0.717) is 5.69 Å². The number of hydrazone groups is 2. The van der Waals surface area contributed by atoms with E-state index in [9.17, 15) is 14.9 Å². The first-order chi connectivity index (χ1) is 20.1. The zero-order chi connectivity index (χ0) is 29.6. The first kappa shape index (κ1) is 27.4. The van der Waals surface area contributed by atoms with Gasteiger partial charge < -0.3 is 0 Å². The Hall–Kier alpha value is -4.76. The molecule has 42 heavy (non-hydrogen) atoms. The topological polar surface area (TPSA) is 91.4 Å². The van der Waals surface area contributed by atoms with E-state index >= 15 is 0 Å². The maximum atomic E-state index is 12.8. The monoisotopic (exact) mass is 575 g/mol. The molecule has 0 fully saturated rings. The number of Topliss-reactive ketones (excluding diaryl/α,β-unsaturated/α-hetero) is 1. The lowest BCUT2D eigenvalue weighted by atomic mass is 9.85. The summed E-state index contributed by atoms with van der Waals surface area (Å²) in [5.74, 6) is -0.203. The predicted molar refractivity (Wildman–Crippen MR) is 169 cm³/mol. The molecule has 0 aromatic heterocycles. The molecule has 6 rings (SSSR count). The van der Waals surface area contributed by atoms with Crippen LogP contribution in [0.2, 0.25) is 0 Å². The van der Waals surface area contributed by atoms with Crippen molar-refractivity contribution in [3.63, 3.8) is 0 Å². The minimum atomic E-state index is -1.18. The molecule has 2 aliphatic rings. The lowest BCUT2D eigenvalue weighted by Gasteiger charge is -2.47. The summed E-state index contributed by atoms with van der Waals surface area (Å²) < 4.78 is 0. The number of nitro groups is 1. The Morgan fingerprint density at radius 1 is 0.833 bits per heavy atom. The average Bonchev–Trinajstić information content (AvgIpc) is 3.39. The summed E-state index contributed by atoms with van der Waals surface area (Å²) >= 11 is 1.28. The van der Waals surface area contributed by atoms with Gasteiger partial charge in [0, 0.05) is 35.7 Å². The Morgan fingerprint density at radius 3 is 2.14 bits per heavy atom. The number of hydrogen-bond donors (Lipinski definition) is 0. The molecule has 4 aromatic carbocycles. The molecule has 0 amide bonds. The van der Waals surface area contributed by atoms with Crippen LogP contribution in [-0.4, -0.2) is 21.5 Å².